The van der Waals surface area contributed by atoms with Gasteiger partial charge in [0.1, 0.15) is 0 Å². The molecule has 2 saturated heterocycles. The molecule has 17 heavy (non-hydrogen) atoms. The van der Waals surface area contributed by atoms with E-state index in [1.807, 2.05) is 19.3 Å². The molecule has 0 N–H and O–H groups in total. The van der Waals surface area contributed by atoms with Crippen molar-refractivity contribution >= 4 is 5.97 Å². The molecule has 3 heterocycles. The van der Waals surface area contributed by atoms with Gasteiger partial charge in [0.15, 0.2) is 0 Å². The van der Waals surface area contributed by atoms with Crippen LogP contribution in [-0.4, -0.2) is 30.8 Å². The normalized spacial score (nSPS) is 34.2. The minimum atomic E-state index is -0.198. The number of nitrogens with zero attached hydrogens (tertiary/aromatic N) is 1. The van der Waals surface area contributed by atoms with Crippen LogP contribution < -0.4 is 0 Å². The van der Waals surface area contributed by atoms with Crippen molar-refractivity contribution in [1.82, 2.24) is 4.98 Å². The highest BCUT2D eigenvalue weighted by atomic mass is 16.5. The number of ether oxygens (including phenoxy) is 2. The summed E-state index contributed by atoms with van der Waals surface area (Å²) in [5.41, 5.74) is 2.01. The number of hydrogen-bond acceptors (Lipinski definition) is 4. The van der Waals surface area contributed by atoms with Crippen LogP contribution in [0.3, 0.4) is 0 Å². The van der Waals surface area contributed by atoms with Crippen LogP contribution in [0.2, 0.25) is 0 Å². The zero-order valence-electron chi connectivity index (χ0n) is 9.97. The van der Waals surface area contributed by atoms with Gasteiger partial charge in [-0.3, -0.25) is 9.78 Å². The van der Waals surface area contributed by atoms with Crippen molar-refractivity contribution < 1.29 is 14.3 Å². The number of fused-ring (bicyclic) bond motifs is 1. The Balaban J connectivity index is 1.99. The summed E-state index contributed by atoms with van der Waals surface area (Å²) in [5.74, 6) is -0.323. The largest absolute Gasteiger partial charge is 0.469 e. The maximum atomic E-state index is 11.8. The van der Waals surface area contributed by atoms with Crippen LogP contribution in [-0.2, 0) is 19.7 Å². The summed E-state index contributed by atoms with van der Waals surface area (Å²) in [7, 11) is 1.43. The fraction of sp³-hybridized carbons (Fsp3) is 0.538. The molecule has 3 atom stereocenters. The van der Waals surface area contributed by atoms with E-state index in [1.54, 1.807) is 0 Å². The zero-order chi connectivity index (χ0) is 12.0. The monoisotopic (exact) mass is 233 g/mol. The predicted molar refractivity (Wildman–Crippen MR) is 60.5 cm³/mol. The molecular weight excluding hydrogens is 218 g/mol. The van der Waals surface area contributed by atoms with Crippen molar-refractivity contribution in [1.29, 1.82) is 0 Å². The van der Waals surface area contributed by atoms with E-state index in [1.165, 1.54) is 7.11 Å². The molecular formula is C13H15NO3. The van der Waals surface area contributed by atoms with Crippen molar-refractivity contribution in [3.63, 3.8) is 0 Å². The smallest absolute Gasteiger partial charge is 0.312 e. The van der Waals surface area contributed by atoms with E-state index in [0.29, 0.717) is 6.61 Å². The summed E-state index contributed by atoms with van der Waals surface area (Å²) in [6.45, 7) is 2.61. The van der Waals surface area contributed by atoms with Crippen LogP contribution in [0.15, 0.2) is 18.5 Å². The summed E-state index contributed by atoms with van der Waals surface area (Å²) in [4.78, 5) is 16.0. The van der Waals surface area contributed by atoms with Crippen molar-refractivity contribution in [3.8, 4) is 0 Å². The molecule has 4 heteroatoms. The summed E-state index contributed by atoms with van der Waals surface area (Å²) < 4.78 is 10.5. The third kappa shape index (κ3) is 1.33. The number of carbonyl (C=O) groups is 1. The third-order valence-electron chi connectivity index (χ3n) is 3.99. The molecule has 1 aromatic rings. The predicted octanol–water partition coefficient (Wildman–Crippen LogP) is 1.22. The number of aryl methyl sites for hydroxylation is 1. The van der Waals surface area contributed by atoms with E-state index in [9.17, 15) is 4.79 Å². The average molecular weight is 233 g/mol. The van der Waals surface area contributed by atoms with Gasteiger partial charge in [-0.1, -0.05) is 6.07 Å². The lowest BCUT2D eigenvalue weighted by atomic mass is 9.58. The highest BCUT2D eigenvalue weighted by Gasteiger charge is 2.65. The van der Waals surface area contributed by atoms with Crippen LogP contribution in [0.1, 0.15) is 17.5 Å². The van der Waals surface area contributed by atoms with Gasteiger partial charge in [0, 0.05) is 17.8 Å². The lowest BCUT2D eigenvalue weighted by molar-refractivity contribution is -0.154. The summed E-state index contributed by atoms with van der Waals surface area (Å²) >= 11 is 0. The van der Waals surface area contributed by atoms with Gasteiger partial charge in [0.25, 0.3) is 0 Å². The van der Waals surface area contributed by atoms with Crippen molar-refractivity contribution in [2.45, 2.75) is 24.9 Å². The molecule has 2 bridgehead atoms. The summed E-state index contributed by atoms with van der Waals surface area (Å²) in [6.07, 6.45) is 4.59. The van der Waals surface area contributed by atoms with E-state index in [2.05, 4.69) is 11.1 Å². The third-order valence-corrected chi connectivity index (χ3v) is 3.99. The van der Waals surface area contributed by atoms with Crippen LogP contribution in [0, 0.1) is 12.8 Å². The quantitative estimate of drug-likeness (QED) is 0.721. The standard InChI is InChI=1S/C13H15NO3/c1-8-3-9(6-14-5-8)13-4-10(17-7-13)11(13)12(15)16-2/h3,5-6,10-11H,4,7H2,1-2H3. The molecule has 90 valence electrons. The summed E-state index contributed by atoms with van der Waals surface area (Å²) in [6, 6.07) is 2.09. The topological polar surface area (TPSA) is 48.4 Å². The highest BCUT2D eigenvalue weighted by Crippen LogP contribution is 2.56. The minimum absolute atomic E-state index is 0.0305. The maximum Gasteiger partial charge on any atom is 0.312 e. The Kier molecular flexibility index (Phi) is 2.23. The number of rotatable bonds is 2. The first-order valence-electron chi connectivity index (χ1n) is 5.79. The summed E-state index contributed by atoms with van der Waals surface area (Å²) in [5, 5.41) is 0. The van der Waals surface area contributed by atoms with Gasteiger partial charge in [-0.25, -0.2) is 0 Å². The van der Waals surface area contributed by atoms with E-state index in [-0.39, 0.29) is 23.4 Å². The van der Waals surface area contributed by atoms with Crippen LogP contribution in [0.5, 0.6) is 0 Å². The maximum absolute atomic E-state index is 11.8. The second-order valence-corrected chi connectivity index (χ2v) is 4.96. The highest BCUT2D eigenvalue weighted by molar-refractivity contribution is 5.78. The van der Waals surface area contributed by atoms with E-state index in [4.69, 9.17) is 9.47 Å². The molecule has 3 fully saturated rings. The Labute approximate surface area is 99.9 Å². The molecule has 1 aromatic heterocycles. The molecule has 0 amide bonds. The Bertz CT molecular complexity index is 469. The first-order valence-corrected chi connectivity index (χ1v) is 5.79. The van der Waals surface area contributed by atoms with Gasteiger partial charge < -0.3 is 9.47 Å². The van der Waals surface area contributed by atoms with Gasteiger partial charge in [-0.15, -0.1) is 0 Å². The molecule has 0 aromatic carbocycles. The number of aromatic nitrogens is 1. The van der Waals surface area contributed by atoms with Crippen molar-refractivity contribution in [2.75, 3.05) is 13.7 Å². The molecule has 0 radical (unpaired) electrons. The molecule has 1 aliphatic carbocycles. The lowest BCUT2D eigenvalue weighted by Crippen LogP contribution is -2.53. The molecule has 1 saturated carbocycles. The second kappa shape index (κ2) is 3.53. The van der Waals surface area contributed by atoms with Crippen molar-refractivity contribution in [2.24, 2.45) is 5.92 Å². The Morgan fingerprint density at radius 3 is 3.06 bits per heavy atom. The number of pyridine rings is 1. The Morgan fingerprint density at radius 1 is 1.59 bits per heavy atom. The van der Waals surface area contributed by atoms with Gasteiger partial charge in [0.2, 0.25) is 0 Å². The minimum Gasteiger partial charge on any atom is -0.469 e. The van der Waals surface area contributed by atoms with Crippen LogP contribution >= 0.6 is 0 Å². The van der Waals surface area contributed by atoms with Crippen molar-refractivity contribution in [3.05, 3.63) is 29.6 Å². The number of carbonyl (C=O) groups excluding carboxylic acids is 1. The van der Waals surface area contributed by atoms with E-state index < -0.39 is 0 Å². The zero-order valence-corrected chi connectivity index (χ0v) is 9.97. The molecule has 2 aliphatic heterocycles. The fourth-order valence-corrected chi connectivity index (χ4v) is 3.07. The molecule has 4 rings (SSSR count). The molecule has 4 nitrogen and oxygen atoms in total. The van der Waals surface area contributed by atoms with Gasteiger partial charge >= 0.3 is 5.97 Å². The fourth-order valence-electron chi connectivity index (χ4n) is 3.07. The first-order chi connectivity index (χ1) is 8.17. The van der Waals surface area contributed by atoms with E-state index in [0.717, 1.165) is 17.5 Å². The SMILES string of the molecule is COC(=O)C1C2CC1(c1cncc(C)c1)CO2. The Hall–Kier alpha value is -1.42. The van der Waals surface area contributed by atoms with Gasteiger partial charge in [0.05, 0.1) is 25.7 Å². The Morgan fingerprint density at radius 2 is 2.41 bits per heavy atom. The van der Waals surface area contributed by atoms with Crippen LogP contribution in [0.25, 0.3) is 0 Å². The van der Waals surface area contributed by atoms with Gasteiger partial charge in [-0.2, -0.15) is 0 Å². The molecule has 0 spiro atoms. The number of esters is 1. The first kappa shape index (κ1) is 10.7. The number of hydrogen-bond donors (Lipinski definition) is 0. The molecule has 3 aliphatic rings. The van der Waals surface area contributed by atoms with Crippen LogP contribution in [0.4, 0.5) is 0 Å². The lowest BCUT2D eigenvalue weighted by Gasteiger charge is -2.42. The second-order valence-electron chi connectivity index (χ2n) is 4.96. The molecule has 3 unspecified atom stereocenters. The average Bonchev–Trinajstić information content (AvgIpc) is 2.88. The van der Waals surface area contributed by atoms with Gasteiger partial charge in [-0.05, 0) is 24.5 Å². The van der Waals surface area contributed by atoms with E-state index >= 15 is 0 Å². The number of methoxy groups -OCH3 is 1.